The van der Waals surface area contributed by atoms with Crippen LogP contribution in [0.25, 0.3) is 0 Å². The second kappa shape index (κ2) is 10.3. The number of hydrogen-bond acceptors (Lipinski definition) is 5. The van der Waals surface area contributed by atoms with Crippen molar-refractivity contribution < 1.29 is 22.7 Å². The predicted molar refractivity (Wildman–Crippen MR) is 119 cm³/mol. The predicted octanol–water partition coefficient (Wildman–Crippen LogP) is 3.33. The Hall–Kier alpha value is -2.29. The maximum absolute atomic E-state index is 12.9. The number of methoxy groups -OCH3 is 1. The topological polar surface area (TPSA) is 84.9 Å². The molecule has 9 heteroatoms. The van der Waals surface area contributed by atoms with Crippen LogP contribution in [0.5, 0.6) is 11.5 Å². The molecule has 7 nitrogen and oxygen atoms in total. The van der Waals surface area contributed by atoms with Gasteiger partial charge < -0.3 is 14.8 Å². The Bertz CT molecular complexity index is 980. The number of amides is 1. The molecule has 1 fully saturated rings. The van der Waals surface area contributed by atoms with E-state index in [4.69, 9.17) is 21.1 Å². The molecule has 1 saturated heterocycles. The van der Waals surface area contributed by atoms with Crippen molar-refractivity contribution in [1.29, 1.82) is 0 Å². The summed E-state index contributed by atoms with van der Waals surface area (Å²) in [7, 11) is -2.07. The molecule has 0 aromatic heterocycles. The summed E-state index contributed by atoms with van der Waals surface area (Å²) in [6, 6.07) is 13.0. The highest BCUT2D eigenvalue weighted by Crippen LogP contribution is 2.25. The minimum atomic E-state index is -3.67. The third kappa shape index (κ3) is 6.12. The van der Waals surface area contributed by atoms with E-state index in [1.165, 1.54) is 16.4 Å². The van der Waals surface area contributed by atoms with Crippen molar-refractivity contribution in [2.24, 2.45) is 5.92 Å². The molecule has 168 valence electrons. The molecule has 1 aliphatic rings. The fourth-order valence-corrected chi connectivity index (χ4v) is 5.08. The van der Waals surface area contributed by atoms with Crippen molar-refractivity contribution in [1.82, 2.24) is 9.62 Å². The number of rotatable bonds is 8. The summed E-state index contributed by atoms with van der Waals surface area (Å²) in [5, 5.41) is 3.41. The quantitative estimate of drug-likeness (QED) is 0.645. The first-order valence-electron chi connectivity index (χ1n) is 10.1. The van der Waals surface area contributed by atoms with Crippen molar-refractivity contribution in [3.8, 4) is 11.5 Å². The van der Waals surface area contributed by atoms with Gasteiger partial charge in [0, 0.05) is 18.1 Å². The van der Waals surface area contributed by atoms with E-state index < -0.39 is 15.9 Å². The summed E-state index contributed by atoms with van der Waals surface area (Å²) in [5.41, 5.74) is 0. The normalized spacial score (nSPS) is 18.2. The Balaban J connectivity index is 1.54. The van der Waals surface area contributed by atoms with Gasteiger partial charge in [-0.2, -0.15) is 4.31 Å². The van der Waals surface area contributed by atoms with E-state index in [1.807, 2.05) is 6.92 Å². The van der Waals surface area contributed by atoms with Gasteiger partial charge in [-0.25, -0.2) is 8.42 Å². The number of carbonyl (C=O) groups is 1. The molecule has 2 aromatic carbocycles. The minimum Gasteiger partial charge on any atom is -0.497 e. The van der Waals surface area contributed by atoms with Gasteiger partial charge >= 0.3 is 0 Å². The Kier molecular flexibility index (Phi) is 7.80. The van der Waals surface area contributed by atoms with Crippen LogP contribution in [0.1, 0.15) is 19.8 Å². The van der Waals surface area contributed by atoms with E-state index in [0.717, 1.165) is 5.75 Å². The molecule has 0 aliphatic carbocycles. The highest BCUT2D eigenvalue weighted by atomic mass is 35.5. The van der Waals surface area contributed by atoms with Gasteiger partial charge in [-0.05, 0) is 68.3 Å². The maximum atomic E-state index is 12.9. The lowest BCUT2D eigenvalue weighted by Crippen LogP contribution is -2.48. The number of hydrogen-bond donors (Lipinski definition) is 1. The number of ether oxygens (including phenoxy) is 2. The molecular formula is C22H27ClN2O5S. The van der Waals surface area contributed by atoms with Crippen molar-refractivity contribution in [3.63, 3.8) is 0 Å². The van der Waals surface area contributed by atoms with E-state index in [9.17, 15) is 13.2 Å². The van der Waals surface area contributed by atoms with E-state index in [-0.39, 0.29) is 23.4 Å². The second-order valence-corrected chi connectivity index (χ2v) is 9.93. The van der Waals surface area contributed by atoms with Crippen LogP contribution >= 0.6 is 11.6 Å². The van der Waals surface area contributed by atoms with Gasteiger partial charge in [0.05, 0.1) is 24.0 Å². The lowest BCUT2D eigenvalue weighted by molar-refractivity contribution is -0.126. The molecular weight excluding hydrogens is 440 g/mol. The van der Waals surface area contributed by atoms with E-state index in [1.54, 1.807) is 43.5 Å². The zero-order valence-electron chi connectivity index (χ0n) is 17.6. The van der Waals surface area contributed by atoms with Gasteiger partial charge in [0.2, 0.25) is 15.9 Å². The van der Waals surface area contributed by atoms with Gasteiger partial charge in [0.15, 0.2) is 0 Å². The standard InChI is InChI=1S/C22H27ClN2O5S/c1-16(15-30-20-9-7-19(29-2)8-10-20)24-22(26)17-4-3-13-25(14-17)31(27,28)21-11-5-18(23)6-12-21/h5-12,16-17H,3-4,13-15H2,1-2H3,(H,24,26). The maximum Gasteiger partial charge on any atom is 0.243 e. The largest absolute Gasteiger partial charge is 0.497 e. The first-order valence-corrected chi connectivity index (χ1v) is 11.9. The Morgan fingerprint density at radius 1 is 1.16 bits per heavy atom. The second-order valence-electron chi connectivity index (χ2n) is 7.55. The molecule has 31 heavy (non-hydrogen) atoms. The molecule has 0 spiro atoms. The van der Waals surface area contributed by atoms with Gasteiger partial charge in [0.1, 0.15) is 18.1 Å². The Morgan fingerprint density at radius 2 is 1.81 bits per heavy atom. The summed E-state index contributed by atoms with van der Waals surface area (Å²) in [6.07, 6.45) is 1.27. The first-order chi connectivity index (χ1) is 14.8. The van der Waals surface area contributed by atoms with Crippen LogP contribution in [0.15, 0.2) is 53.4 Å². The molecule has 3 rings (SSSR count). The number of nitrogens with one attached hydrogen (secondary N) is 1. The van der Waals surface area contributed by atoms with Crippen LogP contribution in [0.4, 0.5) is 0 Å². The van der Waals surface area contributed by atoms with Gasteiger partial charge in [-0.3, -0.25) is 4.79 Å². The zero-order valence-corrected chi connectivity index (χ0v) is 19.2. The fourth-order valence-electron chi connectivity index (χ4n) is 3.43. The van der Waals surface area contributed by atoms with Gasteiger partial charge in [-0.1, -0.05) is 11.6 Å². The number of piperidine rings is 1. The van der Waals surface area contributed by atoms with Crippen LogP contribution in [0, 0.1) is 5.92 Å². The van der Waals surface area contributed by atoms with Crippen molar-refractivity contribution in [2.75, 3.05) is 26.8 Å². The summed E-state index contributed by atoms with van der Waals surface area (Å²) in [5.74, 6) is 0.852. The first kappa shape index (κ1) is 23.4. The Labute approximate surface area is 188 Å². The Morgan fingerprint density at radius 3 is 2.45 bits per heavy atom. The van der Waals surface area contributed by atoms with Crippen molar-refractivity contribution in [3.05, 3.63) is 53.6 Å². The van der Waals surface area contributed by atoms with Crippen molar-refractivity contribution >= 4 is 27.5 Å². The molecule has 1 heterocycles. The average molecular weight is 467 g/mol. The fraction of sp³-hybridized carbons (Fsp3) is 0.409. The van der Waals surface area contributed by atoms with Gasteiger partial charge in [-0.15, -0.1) is 0 Å². The molecule has 2 atom stereocenters. The SMILES string of the molecule is COc1ccc(OCC(C)NC(=O)C2CCCN(S(=O)(=O)c3ccc(Cl)cc3)C2)cc1. The molecule has 0 radical (unpaired) electrons. The lowest BCUT2D eigenvalue weighted by atomic mass is 9.98. The van der Waals surface area contributed by atoms with E-state index in [2.05, 4.69) is 5.32 Å². The summed E-state index contributed by atoms with van der Waals surface area (Å²) in [6.45, 7) is 2.71. The molecule has 1 amide bonds. The van der Waals surface area contributed by atoms with Gasteiger partial charge in [0.25, 0.3) is 0 Å². The minimum absolute atomic E-state index is 0.156. The molecule has 1 N–H and O–H groups in total. The summed E-state index contributed by atoms with van der Waals surface area (Å²) in [4.78, 5) is 12.9. The highest BCUT2D eigenvalue weighted by Gasteiger charge is 2.33. The number of sulfonamides is 1. The molecule has 1 aliphatic heterocycles. The van der Waals surface area contributed by atoms with Crippen LogP contribution in [0.3, 0.4) is 0 Å². The molecule has 0 saturated carbocycles. The van der Waals surface area contributed by atoms with Crippen LogP contribution in [-0.4, -0.2) is 51.5 Å². The zero-order chi connectivity index (χ0) is 22.4. The average Bonchev–Trinajstić information content (AvgIpc) is 2.78. The lowest BCUT2D eigenvalue weighted by Gasteiger charge is -2.31. The van der Waals surface area contributed by atoms with Crippen molar-refractivity contribution in [2.45, 2.75) is 30.7 Å². The number of carbonyl (C=O) groups excluding carboxylic acids is 1. The van der Waals surface area contributed by atoms with Crippen LogP contribution in [-0.2, 0) is 14.8 Å². The van der Waals surface area contributed by atoms with E-state index in [0.29, 0.717) is 36.8 Å². The number of nitrogens with zero attached hydrogens (tertiary/aromatic N) is 1. The monoisotopic (exact) mass is 466 g/mol. The number of benzene rings is 2. The smallest absolute Gasteiger partial charge is 0.243 e. The summed E-state index contributed by atoms with van der Waals surface area (Å²) >= 11 is 5.86. The third-order valence-electron chi connectivity index (χ3n) is 5.15. The molecule has 2 aromatic rings. The van der Waals surface area contributed by atoms with Crippen LogP contribution < -0.4 is 14.8 Å². The third-order valence-corrected chi connectivity index (χ3v) is 7.29. The van der Waals surface area contributed by atoms with Crippen LogP contribution in [0.2, 0.25) is 5.02 Å². The van der Waals surface area contributed by atoms with E-state index >= 15 is 0 Å². The summed E-state index contributed by atoms with van der Waals surface area (Å²) < 4.78 is 38.0. The molecule has 2 unspecified atom stereocenters. The molecule has 0 bridgehead atoms. The number of halogens is 1. The highest BCUT2D eigenvalue weighted by molar-refractivity contribution is 7.89.